The van der Waals surface area contributed by atoms with Gasteiger partial charge in [-0.3, -0.25) is 19.2 Å². The van der Waals surface area contributed by atoms with Crippen LogP contribution in [0, 0.1) is 5.82 Å². The van der Waals surface area contributed by atoms with Crippen molar-refractivity contribution < 1.29 is 14.3 Å². The van der Waals surface area contributed by atoms with Crippen molar-refractivity contribution in [1.82, 2.24) is 28.9 Å². The summed E-state index contributed by atoms with van der Waals surface area (Å²) in [6.07, 6.45) is 6.67. The minimum Gasteiger partial charge on any atom is -0.395 e. The van der Waals surface area contributed by atoms with Crippen LogP contribution in [0.25, 0.3) is 27.6 Å². The number of carbonyl (C=O) groups is 1. The van der Waals surface area contributed by atoms with Gasteiger partial charge in [-0.05, 0) is 94.1 Å². The molecule has 1 saturated heterocycles. The van der Waals surface area contributed by atoms with Gasteiger partial charge in [0.2, 0.25) is 0 Å². The van der Waals surface area contributed by atoms with Gasteiger partial charge in [0.15, 0.2) is 0 Å². The predicted molar refractivity (Wildman–Crippen MR) is 170 cm³/mol. The van der Waals surface area contributed by atoms with Crippen LogP contribution < -0.4 is 5.69 Å². The van der Waals surface area contributed by atoms with E-state index in [2.05, 4.69) is 21.1 Å². The number of halogens is 1. The number of amides is 1. The number of aliphatic hydroxyl groups is 1. The fraction of sp³-hybridized carbons (Fsp3) is 0.382. The molecule has 0 saturated carbocycles. The molecule has 0 spiro atoms. The van der Waals surface area contributed by atoms with Crippen molar-refractivity contribution in [3.8, 4) is 5.69 Å². The summed E-state index contributed by atoms with van der Waals surface area (Å²) >= 11 is 0. The molecule has 2 N–H and O–H groups in total. The van der Waals surface area contributed by atoms with Crippen LogP contribution in [0.2, 0.25) is 0 Å². The number of hydrogen-bond donors (Lipinski definition) is 2. The van der Waals surface area contributed by atoms with E-state index < -0.39 is 5.82 Å². The number of benzene rings is 2. The number of carbonyl (C=O) groups excluding carboxylic acids is 1. The molecular weight excluding hydrogens is 559 g/mol. The monoisotopic (exact) mass is 598 g/mol. The molecular formula is C34H39FN6O3. The Kier molecular flexibility index (Phi) is 8.13. The Balaban J connectivity index is 1.30. The smallest absolute Gasteiger partial charge is 0.326 e. The minimum atomic E-state index is -0.446. The van der Waals surface area contributed by atoms with Crippen LogP contribution in [0.3, 0.4) is 0 Å². The number of pyridine rings is 1. The molecule has 3 aromatic heterocycles. The van der Waals surface area contributed by atoms with Gasteiger partial charge < -0.3 is 19.6 Å². The molecule has 10 heteroatoms. The second kappa shape index (κ2) is 12.0. The van der Waals surface area contributed by atoms with E-state index in [-0.39, 0.29) is 42.8 Å². The lowest BCUT2D eigenvalue weighted by Gasteiger charge is -2.31. The number of rotatable bonds is 9. The summed E-state index contributed by atoms with van der Waals surface area (Å²) in [5.41, 5.74) is 5.47. The van der Waals surface area contributed by atoms with E-state index in [4.69, 9.17) is 0 Å². The van der Waals surface area contributed by atoms with Crippen molar-refractivity contribution in [2.75, 3.05) is 19.7 Å². The van der Waals surface area contributed by atoms with E-state index in [1.165, 1.54) is 17.7 Å². The summed E-state index contributed by atoms with van der Waals surface area (Å²) in [6.45, 7) is 10.6. The minimum absolute atomic E-state index is 0.0388. The first-order valence-corrected chi connectivity index (χ1v) is 15.3. The number of H-pyrrole nitrogens is 1. The summed E-state index contributed by atoms with van der Waals surface area (Å²) in [5, 5.41) is 10.4. The largest absolute Gasteiger partial charge is 0.395 e. The fourth-order valence-electron chi connectivity index (χ4n) is 6.84. The molecule has 4 heterocycles. The summed E-state index contributed by atoms with van der Waals surface area (Å²) in [6, 6.07) is 12.4. The highest BCUT2D eigenvalue weighted by Gasteiger charge is 2.29. The standard InChI is InChI=1S/C34H39FN6O3/c1-21(2)41(22(3)4)33(43)27-16-25(35)6-8-30(27)40-20-28(26-9-11-36-17-32(26)40)24-10-12-38(19-24)18-23-5-7-31-29(15-23)37-34(44)39(31)13-14-42/h5-9,11,15-17,20-22,24,42H,10,12-14,18-19H2,1-4H3,(H,37,44). The fourth-order valence-corrected chi connectivity index (χ4v) is 6.84. The zero-order valence-corrected chi connectivity index (χ0v) is 25.6. The quantitative estimate of drug-likeness (QED) is 0.248. The van der Waals surface area contributed by atoms with Crippen molar-refractivity contribution >= 4 is 27.8 Å². The number of nitrogens with one attached hydrogen (secondary N) is 1. The molecule has 6 rings (SSSR count). The van der Waals surface area contributed by atoms with Gasteiger partial charge in [-0.25, -0.2) is 9.18 Å². The van der Waals surface area contributed by atoms with Crippen LogP contribution in [0.1, 0.15) is 61.5 Å². The van der Waals surface area contributed by atoms with Gasteiger partial charge in [0.25, 0.3) is 5.91 Å². The van der Waals surface area contributed by atoms with Gasteiger partial charge in [-0.15, -0.1) is 0 Å². The van der Waals surface area contributed by atoms with Crippen molar-refractivity contribution in [2.24, 2.45) is 0 Å². The molecule has 1 unspecified atom stereocenters. The maximum absolute atomic E-state index is 14.6. The van der Waals surface area contributed by atoms with Crippen molar-refractivity contribution in [2.45, 2.75) is 65.2 Å². The Hall–Kier alpha value is -4.28. The second-order valence-electron chi connectivity index (χ2n) is 12.3. The van der Waals surface area contributed by atoms with Crippen molar-refractivity contribution in [3.63, 3.8) is 0 Å². The molecule has 1 amide bonds. The molecule has 0 bridgehead atoms. The van der Waals surface area contributed by atoms with E-state index in [9.17, 15) is 19.1 Å². The second-order valence-corrected chi connectivity index (χ2v) is 12.3. The Morgan fingerprint density at radius 3 is 2.66 bits per heavy atom. The average molecular weight is 599 g/mol. The summed E-state index contributed by atoms with van der Waals surface area (Å²) in [4.78, 5) is 37.6. The maximum Gasteiger partial charge on any atom is 0.326 e. The van der Waals surface area contributed by atoms with Crippen LogP contribution in [-0.4, -0.2) is 71.7 Å². The third-order valence-corrected chi connectivity index (χ3v) is 8.72. The van der Waals surface area contributed by atoms with Gasteiger partial charge in [0.05, 0.1) is 47.1 Å². The van der Waals surface area contributed by atoms with Crippen LogP contribution in [-0.2, 0) is 13.1 Å². The molecule has 1 aliphatic rings. The van der Waals surface area contributed by atoms with Crippen molar-refractivity contribution in [3.05, 3.63) is 94.0 Å². The molecule has 0 radical (unpaired) electrons. The molecule has 2 aromatic carbocycles. The van der Waals surface area contributed by atoms with E-state index in [1.54, 1.807) is 21.7 Å². The highest BCUT2D eigenvalue weighted by atomic mass is 19.1. The van der Waals surface area contributed by atoms with Gasteiger partial charge in [-0.1, -0.05) is 6.07 Å². The highest BCUT2D eigenvalue weighted by molar-refractivity contribution is 5.99. The Morgan fingerprint density at radius 1 is 1.11 bits per heavy atom. The zero-order chi connectivity index (χ0) is 31.1. The molecule has 1 fully saturated rings. The van der Waals surface area contributed by atoms with E-state index in [1.807, 2.05) is 62.7 Å². The topological polar surface area (TPSA) is 99.4 Å². The lowest BCUT2D eigenvalue weighted by Crippen LogP contribution is -2.42. The van der Waals surface area contributed by atoms with Gasteiger partial charge in [0.1, 0.15) is 5.82 Å². The number of aromatic nitrogens is 4. The third kappa shape index (κ3) is 5.44. The third-order valence-electron chi connectivity index (χ3n) is 8.72. The molecule has 0 aliphatic carbocycles. The lowest BCUT2D eigenvalue weighted by molar-refractivity contribution is 0.0643. The summed E-state index contributed by atoms with van der Waals surface area (Å²) < 4.78 is 18.1. The van der Waals surface area contributed by atoms with Gasteiger partial charge >= 0.3 is 5.69 Å². The molecule has 1 atom stereocenters. The van der Waals surface area contributed by atoms with Crippen molar-refractivity contribution in [1.29, 1.82) is 0 Å². The molecule has 5 aromatic rings. The number of nitrogens with zero attached hydrogens (tertiary/aromatic N) is 5. The van der Waals surface area contributed by atoms with Crippen LogP contribution >= 0.6 is 0 Å². The number of fused-ring (bicyclic) bond motifs is 2. The first-order chi connectivity index (χ1) is 21.2. The average Bonchev–Trinajstić information content (AvgIpc) is 3.68. The SMILES string of the molecule is CC(C)N(C(=O)c1cc(F)ccc1-n1cc(C2CCN(Cc3ccc4c(c3)[nH]c(=O)n4CCO)C2)c2ccncc21)C(C)C. The number of aromatic amines is 1. The Morgan fingerprint density at radius 2 is 1.91 bits per heavy atom. The van der Waals surface area contributed by atoms with E-state index in [0.29, 0.717) is 11.3 Å². The first-order valence-electron chi connectivity index (χ1n) is 15.3. The van der Waals surface area contributed by atoms with E-state index >= 15 is 0 Å². The Bertz CT molecular complexity index is 1880. The molecule has 230 valence electrons. The van der Waals surface area contributed by atoms with Gasteiger partial charge in [0, 0.05) is 43.0 Å². The zero-order valence-electron chi connectivity index (χ0n) is 25.6. The Labute approximate surface area is 255 Å². The number of aliphatic hydroxyl groups excluding tert-OH is 1. The van der Waals surface area contributed by atoms with Crippen LogP contribution in [0.4, 0.5) is 4.39 Å². The number of imidazole rings is 1. The molecule has 1 aliphatic heterocycles. The molecule has 44 heavy (non-hydrogen) atoms. The molecule has 9 nitrogen and oxygen atoms in total. The highest BCUT2D eigenvalue weighted by Crippen LogP contribution is 2.36. The number of hydrogen-bond acceptors (Lipinski definition) is 5. The van der Waals surface area contributed by atoms with Gasteiger partial charge in [-0.2, -0.15) is 0 Å². The normalized spacial score (nSPS) is 15.8. The first kappa shape index (κ1) is 29.8. The summed E-state index contributed by atoms with van der Waals surface area (Å²) in [7, 11) is 0. The lowest BCUT2D eigenvalue weighted by atomic mass is 9.98. The van der Waals surface area contributed by atoms with E-state index in [0.717, 1.165) is 53.6 Å². The number of likely N-dealkylation sites (tertiary alicyclic amines) is 1. The van der Waals surface area contributed by atoms with Crippen LogP contribution in [0.15, 0.2) is 65.8 Å². The summed E-state index contributed by atoms with van der Waals surface area (Å²) in [5.74, 6) is -0.385. The maximum atomic E-state index is 14.6. The predicted octanol–water partition coefficient (Wildman–Crippen LogP) is 5.05. The van der Waals surface area contributed by atoms with Crippen LogP contribution in [0.5, 0.6) is 0 Å².